The van der Waals surface area contributed by atoms with Crippen molar-refractivity contribution in [3.63, 3.8) is 0 Å². The molecule has 5 nitrogen and oxygen atoms in total. The van der Waals surface area contributed by atoms with Crippen molar-refractivity contribution in [2.24, 2.45) is 0 Å². The van der Waals surface area contributed by atoms with Gasteiger partial charge in [0.2, 0.25) is 5.91 Å². The second-order valence-corrected chi connectivity index (χ2v) is 6.99. The highest BCUT2D eigenvalue weighted by Gasteiger charge is 2.11. The Kier molecular flexibility index (Phi) is 6.21. The molecule has 138 valence electrons. The van der Waals surface area contributed by atoms with Crippen LogP contribution in [0.4, 0.5) is 5.69 Å². The Labute approximate surface area is 166 Å². The van der Waals surface area contributed by atoms with E-state index in [1.807, 2.05) is 47.8 Å². The summed E-state index contributed by atoms with van der Waals surface area (Å²) < 4.78 is 4.54. The molecule has 0 radical (unpaired) electrons. The Morgan fingerprint density at radius 2 is 1.96 bits per heavy atom. The zero-order valence-electron chi connectivity index (χ0n) is 14.6. The summed E-state index contributed by atoms with van der Waals surface area (Å²) >= 11 is 7.76. The van der Waals surface area contributed by atoms with Gasteiger partial charge in [0.05, 0.1) is 24.2 Å². The first-order valence-corrected chi connectivity index (χ1v) is 9.50. The maximum Gasteiger partial charge on any atom is 0.306 e. The third-order valence-electron chi connectivity index (χ3n) is 3.83. The number of benzene rings is 2. The van der Waals surface area contributed by atoms with Crippen molar-refractivity contribution >= 4 is 40.5 Å². The standard InChI is InChI=1S/C20H17ClN2O3S/c1-26-19(25)10-9-18(24)22-14-6-4-5-13(11-14)17-12-27-20(23-17)15-7-2-3-8-16(15)21/h2-8,11-12H,9-10H2,1H3,(H,22,24). The highest BCUT2D eigenvalue weighted by Crippen LogP contribution is 2.33. The van der Waals surface area contributed by atoms with Crippen molar-refractivity contribution in [1.29, 1.82) is 0 Å². The lowest BCUT2D eigenvalue weighted by atomic mass is 10.1. The van der Waals surface area contributed by atoms with Crippen LogP contribution in [0.1, 0.15) is 12.8 Å². The first-order valence-electron chi connectivity index (χ1n) is 8.24. The summed E-state index contributed by atoms with van der Waals surface area (Å²) in [5.41, 5.74) is 3.23. The number of carbonyl (C=O) groups is 2. The number of nitrogens with zero attached hydrogens (tertiary/aromatic N) is 1. The molecule has 1 aromatic heterocycles. The van der Waals surface area contributed by atoms with Crippen LogP contribution in [0, 0.1) is 0 Å². The number of rotatable bonds is 6. The summed E-state index contributed by atoms with van der Waals surface area (Å²) in [5, 5.41) is 6.24. The Hall–Kier alpha value is -2.70. The van der Waals surface area contributed by atoms with Crippen LogP contribution in [-0.2, 0) is 14.3 Å². The molecule has 0 spiro atoms. The number of halogens is 1. The van der Waals surface area contributed by atoms with E-state index in [4.69, 9.17) is 11.6 Å². The molecule has 7 heteroatoms. The number of hydrogen-bond donors (Lipinski definition) is 1. The first-order chi connectivity index (χ1) is 13.1. The summed E-state index contributed by atoms with van der Waals surface area (Å²) in [6.07, 6.45) is 0.125. The summed E-state index contributed by atoms with van der Waals surface area (Å²) in [6, 6.07) is 15.0. The SMILES string of the molecule is COC(=O)CCC(=O)Nc1cccc(-c2csc(-c3ccccc3Cl)n2)c1. The van der Waals surface area contributed by atoms with E-state index in [0.29, 0.717) is 10.7 Å². The molecule has 0 bridgehead atoms. The second-order valence-electron chi connectivity index (χ2n) is 5.72. The van der Waals surface area contributed by atoms with E-state index in [1.54, 1.807) is 6.07 Å². The van der Waals surface area contributed by atoms with Crippen molar-refractivity contribution in [2.75, 3.05) is 12.4 Å². The number of carbonyl (C=O) groups excluding carboxylic acids is 2. The van der Waals surface area contributed by atoms with E-state index in [9.17, 15) is 9.59 Å². The van der Waals surface area contributed by atoms with Crippen LogP contribution in [0.5, 0.6) is 0 Å². The van der Waals surface area contributed by atoms with Crippen LogP contribution < -0.4 is 5.32 Å². The maximum absolute atomic E-state index is 12.0. The van der Waals surface area contributed by atoms with Crippen LogP contribution in [0.2, 0.25) is 5.02 Å². The fraction of sp³-hybridized carbons (Fsp3) is 0.150. The second kappa shape index (κ2) is 8.79. The van der Waals surface area contributed by atoms with Crippen molar-refractivity contribution in [2.45, 2.75) is 12.8 Å². The Bertz CT molecular complexity index is 971. The minimum absolute atomic E-state index is 0.0509. The molecular formula is C20H17ClN2O3S. The van der Waals surface area contributed by atoms with Crippen LogP contribution >= 0.6 is 22.9 Å². The van der Waals surface area contributed by atoms with Gasteiger partial charge in [-0.2, -0.15) is 0 Å². The monoisotopic (exact) mass is 400 g/mol. The van der Waals surface area contributed by atoms with Crippen LogP contribution in [0.25, 0.3) is 21.8 Å². The number of aromatic nitrogens is 1. The number of amides is 1. The van der Waals surface area contributed by atoms with Crippen molar-refractivity contribution in [1.82, 2.24) is 4.98 Å². The van der Waals surface area contributed by atoms with Gasteiger partial charge in [0.15, 0.2) is 0 Å². The summed E-state index contributed by atoms with van der Waals surface area (Å²) in [6.45, 7) is 0. The van der Waals surface area contributed by atoms with Crippen LogP contribution in [-0.4, -0.2) is 24.0 Å². The highest BCUT2D eigenvalue weighted by molar-refractivity contribution is 7.13. The summed E-state index contributed by atoms with van der Waals surface area (Å²) in [7, 11) is 1.30. The van der Waals surface area contributed by atoms with Gasteiger partial charge in [-0.15, -0.1) is 11.3 Å². The molecule has 0 aliphatic carbocycles. The van der Waals surface area contributed by atoms with Crippen LogP contribution in [0.3, 0.4) is 0 Å². The van der Waals surface area contributed by atoms with Crippen LogP contribution in [0.15, 0.2) is 53.9 Å². The normalized spacial score (nSPS) is 10.4. The van der Waals surface area contributed by atoms with E-state index < -0.39 is 5.97 Å². The summed E-state index contributed by atoms with van der Waals surface area (Å²) in [4.78, 5) is 27.8. The fourth-order valence-electron chi connectivity index (χ4n) is 2.46. The highest BCUT2D eigenvalue weighted by atomic mass is 35.5. The van der Waals surface area contributed by atoms with Gasteiger partial charge < -0.3 is 10.1 Å². The predicted molar refractivity (Wildman–Crippen MR) is 108 cm³/mol. The van der Waals surface area contributed by atoms with Gasteiger partial charge in [-0.05, 0) is 18.2 Å². The number of hydrogen-bond acceptors (Lipinski definition) is 5. The Balaban J connectivity index is 1.74. The average Bonchev–Trinajstić information content (AvgIpc) is 3.16. The van der Waals surface area contributed by atoms with Crippen molar-refractivity contribution in [3.05, 3.63) is 58.9 Å². The first kappa shape index (κ1) is 19.1. The lowest BCUT2D eigenvalue weighted by molar-refractivity contribution is -0.141. The third kappa shape index (κ3) is 4.93. The molecular weight excluding hydrogens is 384 g/mol. The molecule has 1 N–H and O–H groups in total. The minimum atomic E-state index is -0.409. The van der Waals surface area contributed by atoms with E-state index in [2.05, 4.69) is 15.0 Å². The van der Waals surface area contributed by atoms with Crippen molar-refractivity contribution in [3.8, 4) is 21.8 Å². The molecule has 2 aromatic carbocycles. The largest absolute Gasteiger partial charge is 0.469 e. The molecule has 0 saturated heterocycles. The molecule has 27 heavy (non-hydrogen) atoms. The average molecular weight is 401 g/mol. The third-order valence-corrected chi connectivity index (χ3v) is 5.04. The zero-order chi connectivity index (χ0) is 19.2. The summed E-state index contributed by atoms with van der Waals surface area (Å²) in [5.74, 6) is -0.652. The van der Waals surface area contributed by atoms with Gasteiger partial charge >= 0.3 is 5.97 Å². The Morgan fingerprint density at radius 1 is 1.15 bits per heavy atom. The fourth-order valence-corrected chi connectivity index (χ4v) is 3.61. The van der Waals surface area contributed by atoms with Gasteiger partial charge in [-0.1, -0.05) is 41.9 Å². The van der Waals surface area contributed by atoms with E-state index >= 15 is 0 Å². The van der Waals surface area contributed by atoms with E-state index in [0.717, 1.165) is 21.8 Å². The number of anilines is 1. The number of ether oxygens (including phenoxy) is 1. The van der Waals surface area contributed by atoms with Gasteiger partial charge in [0.1, 0.15) is 5.01 Å². The van der Waals surface area contributed by atoms with E-state index in [-0.39, 0.29) is 18.7 Å². The quantitative estimate of drug-likeness (QED) is 0.590. The molecule has 0 aliphatic rings. The van der Waals surface area contributed by atoms with Gasteiger partial charge in [0, 0.05) is 28.6 Å². The van der Waals surface area contributed by atoms with Gasteiger partial charge in [-0.3, -0.25) is 9.59 Å². The lowest BCUT2D eigenvalue weighted by Gasteiger charge is -2.06. The van der Waals surface area contributed by atoms with Gasteiger partial charge in [-0.25, -0.2) is 4.98 Å². The van der Waals surface area contributed by atoms with Gasteiger partial charge in [0.25, 0.3) is 0 Å². The number of nitrogens with one attached hydrogen (secondary N) is 1. The lowest BCUT2D eigenvalue weighted by Crippen LogP contribution is -2.13. The Morgan fingerprint density at radius 3 is 2.74 bits per heavy atom. The molecule has 3 rings (SSSR count). The van der Waals surface area contributed by atoms with Crippen molar-refractivity contribution < 1.29 is 14.3 Å². The number of esters is 1. The minimum Gasteiger partial charge on any atom is -0.469 e. The maximum atomic E-state index is 12.0. The molecule has 0 saturated carbocycles. The number of thiazole rings is 1. The smallest absolute Gasteiger partial charge is 0.306 e. The topological polar surface area (TPSA) is 68.3 Å². The molecule has 1 heterocycles. The van der Waals surface area contributed by atoms with E-state index in [1.165, 1.54) is 18.4 Å². The molecule has 0 atom stereocenters. The predicted octanol–water partition coefficient (Wildman–Crippen LogP) is 5.02. The molecule has 0 fully saturated rings. The molecule has 0 aliphatic heterocycles. The zero-order valence-corrected chi connectivity index (χ0v) is 16.1. The molecule has 0 unspecified atom stereocenters. The molecule has 3 aromatic rings. The molecule has 1 amide bonds. The number of methoxy groups -OCH3 is 1.